The zero-order chi connectivity index (χ0) is 22.2. The van der Waals surface area contributed by atoms with Gasteiger partial charge in [0.05, 0.1) is 11.4 Å². The van der Waals surface area contributed by atoms with E-state index in [2.05, 4.69) is 15.4 Å². The third-order valence-electron chi connectivity index (χ3n) is 4.88. The summed E-state index contributed by atoms with van der Waals surface area (Å²) in [5.74, 6) is -0.780. The molecule has 5 rings (SSSR count). The monoisotopic (exact) mass is 451 g/mol. The molecule has 1 atom stereocenters. The van der Waals surface area contributed by atoms with E-state index in [1.807, 2.05) is 0 Å². The van der Waals surface area contributed by atoms with Gasteiger partial charge in [0.25, 0.3) is 5.91 Å². The van der Waals surface area contributed by atoms with Gasteiger partial charge in [0.2, 0.25) is 6.17 Å². The van der Waals surface area contributed by atoms with E-state index in [4.69, 9.17) is 4.42 Å². The van der Waals surface area contributed by atoms with E-state index in [9.17, 15) is 19.3 Å². The van der Waals surface area contributed by atoms with Gasteiger partial charge in [0.1, 0.15) is 16.4 Å². The molecule has 2 aliphatic heterocycles. The van der Waals surface area contributed by atoms with Crippen molar-refractivity contribution in [1.82, 2.24) is 10.3 Å². The molecule has 2 aromatic carbocycles. The SMILES string of the molecule is O=C1NC(SCc2ccccc2F)=NN2C1=c1ccccc1=NC2c1ccc([N+](=O)[O-])o1. The maximum Gasteiger partial charge on any atom is 0.433 e. The number of para-hydroxylation sites is 1. The molecule has 0 bridgehead atoms. The molecule has 2 aliphatic rings. The van der Waals surface area contributed by atoms with Crippen molar-refractivity contribution in [2.75, 3.05) is 0 Å². The standard InChI is InChI=1S/C21H14FN5O4S/c22-14-7-3-1-5-12(14)11-32-21-24-20(28)18-13-6-2-4-8-15(13)23-19(26(18)25-21)16-9-10-17(31-16)27(29)30/h1-10,19H,11H2,(H,24,25,28). The van der Waals surface area contributed by atoms with Gasteiger partial charge < -0.3 is 4.42 Å². The molecule has 3 heterocycles. The van der Waals surface area contributed by atoms with Gasteiger partial charge in [-0.3, -0.25) is 20.2 Å². The van der Waals surface area contributed by atoms with Crippen LogP contribution in [-0.4, -0.2) is 21.0 Å². The van der Waals surface area contributed by atoms with Crippen molar-refractivity contribution >= 4 is 34.4 Å². The number of nitrogens with zero attached hydrogens (tertiary/aromatic N) is 4. The van der Waals surface area contributed by atoms with E-state index in [0.29, 0.717) is 16.1 Å². The summed E-state index contributed by atoms with van der Waals surface area (Å²) in [4.78, 5) is 28.1. The third-order valence-corrected chi connectivity index (χ3v) is 5.80. The Kier molecular flexibility index (Phi) is 4.94. The fourth-order valence-electron chi connectivity index (χ4n) is 3.42. The van der Waals surface area contributed by atoms with E-state index < -0.39 is 22.9 Å². The number of hydrogen-bond acceptors (Lipinski definition) is 8. The van der Waals surface area contributed by atoms with E-state index in [-0.39, 0.29) is 28.2 Å². The minimum absolute atomic E-state index is 0.167. The van der Waals surface area contributed by atoms with Gasteiger partial charge in [-0.15, -0.1) is 5.10 Å². The molecule has 0 aliphatic carbocycles. The van der Waals surface area contributed by atoms with Crippen LogP contribution in [0.15, 0.2) is 75.2 Å². The summed E-state index contributed by atoms with van der Waals surface area (Å²) in [7, 11) is 0. The Labute approximate surface area is 184 Å². The summed E-state index contributed by atoms with van der Waals surface area (Å²) in [5, 5.41) is 21.1. The Morgan fingerprint density at radius 1 is 1.16 bits per heavy atom. The fourth-order valence-corrected chi connectivity index (χ4v) is 4.26. The second-order valence-corrected chi connectivity index (χ2v) is 7.85. The molecule has 1 amide bonds. The summed E-state index contributed by atoms with van der Waals surface area (Å²) in [5.41, 5.74) is 0.714. The lowest BCUT2D eigenvalue weighted by Crippen LogP contribution is -2.50. The maximum atomic E-state index is 14.0. The van der Waals surface area contributed by atoms with Crippen LogP contribution in [0.1, 0.15) is 17.5 Å². The van der Waals surface area contributed by atoms with Gasteiger partial charge in [-0.05, 0) is 23.8 Å². The Morgan fingerprint density at radius 3 is 2.72 bits per heavy atom. The number of carbonyl (C=O) groups excluding carboxylic acids is 1. The van der Waals surface area contributed by atoms with Crippen molar-refractivity contribution in [2.45, 2.75) is 11.9 Å². The first-order chi connectivity index (χ1) is 15.5. The molecule has 1 aromatic heterocycles. The van der Waals surface area contributed by atoms with Gasteiger partial charge in [0.15, 0.2) is 10.9 Å². The third kappa shape index (κ3) is 3.52. The minimum Gasteiger partial charge on any atom is -0.401 e. The van der Waals surface area contributed by atoms with Crippen LogP contribution in [0.3, 0.4) is 0 Å². The van der Waals surface area contributed by atoms with Crippen molar-refractivity contribution in [3.63, 3.8) is 0 Å². The smallest absolute Gasteiger partial charge is 0.401 e. The second-order valence-electron chi connectivity index (χ2n) is 6.89. The number of hydrazone groups is 1. The van der Waals surface area contributed by atoms with Crippen molar-refractivity contribution in [3.8, 4) is 0 Å². The number of benzene rings is 2. The lowest BCUT2D eigenvalue weighted by Gasteiger charge is -2.32. The highest BCUT2D eigenvalue weighted by Crippen LogP contribution is 2.33. The zero-order valence-electron chi connectivity index (χ0n) is 16.3. The largest absolute Gasteiger partial charge is 0.433 e. The Morgan fingerprint density at radius 2 is 1.94 bits per heavy atom. The predicted octanol–water partition coefficient (Wildman–Crippen LogP) is 2.40. The molecular weight excluding hydrogens is 437 g/mol. The molecule has 1 N–H and O–H groups in total. The number of fused-ring (bicyclic) bond motifs is 2. The van der Waals surface area contributed by atoms with Gasteiger partial charge in [-0.1, -0.05) is 48.2 Å². The molecule has 11 heteroatoms. The van der Waals surface area contributed by atoms with Crippen LogP contribution >= 0.6 is 11.8 Å². The molecule has 3 aromatic rings. The summed E-state index contributed by atoms with van der Waals surface area (Å²) in [6, 6.07) is 16.1. The number of furan rings is 1. The molecule has 1 unspecified atom stereocenters. The van der Waals surface area contributed by atoms with Gasteiger partial charge in [0, 0.05) is 11.0 Å². The van der Waals surface area contributed by atoms with Crippen molar-refractivity contribution in [3.05, 3.63) is 98.5 Å². The number of nitrogens with one attached hydrogen (secondary N) is 1. The van der Waals surface area contributed by atoms with Gasteiger partial charge in [-0.2, -0.15) is 0 Å². The summed E-state index contributed by atoms with van der Waals surface area (Å²) in [6.07, 6.45) is -0.913. The molecular formula is C21H14FN5O4S. The quantitative estimate of drug-likeness (QED) is 0.481. The van der Waals surface area contributed by atoms with Crippen LogP contribution in [0.4, 0.5) is 10.3 Å². The first-order valence-electron chi connectivity index (χ1n) is 9.48. The average molecular weight is 451 g/mol. The molecule has 160 valence electrons. The highest BCUT2D eigenvalue weighted by atomic mass is 32.2. The van der Waals surface area contributed by atoms with Crippen LogP contribution in [0.5, 0.6) is 0 Å². The molecule has 0 saturated carbocycles. The van der Waals surface area contributed by atoms with Crippen LogP contribution in [0.2, 0.25) is 0 Å². The van der Waals surface area contributed by atoms with Crippen LogP contribution in [0, 0.1) is 15.9 Å². The van der Waals surface area contributed by atoms with E-state index in [1.54, 1.807) is 42.5 Å². The fraction of sp³-hybridized carbons (Fsp3) is 0.0952. The number of nitro groups is 1. The molecule has 0 saturated heterocycles. The minimum atomic E-state index is -0.913. The van der Waals surface area contributed by atoms with Crippen LogP contribution in [-0.2, 0) is 10.5 Å². The van der Waals surface area contributed by atoms with Crippen LogP contribution < -0.4 is 15.9 Å². The number of amides is 1. The summed E-state index contributed by atoms with van der Waals surface area (Å²) in [6.45, 7) is 0. The lowest BCUT2D eigenvalue weighted by molar-refractivity contribution is -0.402. The Bertz CT molecular complexity index is 1400. The van der Waals surface area contributed by atoms with E-state index >= 15 is 0 Å². The topological polar surface area (TPSA) is 113 Å². The molecule has 9 nitrogen and oxygen atoms in total. The van der Waals surface area contributed by atoms with Crippen molar-refractivity contribution in [2.24, 2.45) is 10.1 Å². The lowest BCUT2D eigenvalue weighted by atomic mass is 10.1. The molecule has 0 radical (unpaired) electrons. The zero-order valence-corrected chi connectivity index (χ0v) is 17.1. The van der Waals surface area contributed by atoms with Crippen molar-refractivity contribution < 1.29 is 18.5 Å². The number of amidine groups is 1. The molecule has 0 spiro atoms. The second kappa shape index (κ2) is 7.93. The van der Waals surface area contributed by atoms with Gasteiger partial charge in [-0.25, -0.2) is 14.4 Å². The number of carbonyl (C=O) groups is 1. The van der Waals surface area contributed by atoms with Gasteiger partial charge >= 0.3 is 5.88 Å². The normalized spacial score (nSPS) is 17.1. The highest BCUT2D eigenvalue weighted by Gasteiger charge is 2.36. The van der Waals surface area contributed by atoms with E-state index in [0.717, 1.165) is 11.8 Å². The van der Waals surface area contributed by atoms with E-state index in [1.165, 1.54) is 23.2 Å². The number of halogens is 1. The first-order valence-corrected chi connectivity index (χ1v) is 10.5. The molecule has 32 heavy (non-hydrogen) atoms. The maximum absolute atomic E-state index is 14.0. The molecule has 0 fully saturated rings. The predicted molar refractivity (Wildman–Crippen MR) is 114 cm³/mol. The number of thioether (sulfide) groups is 1. The highest BCUT2D eigenvalue weighted by molar-refractivity contribution is 8.13. The number of rotatable bonds is 4. The van der Waals surface area contributed by atoms with Crippen LogP contribution in [0.25, 0.3) is 5.70 Å². The Hall–Kier alpha value is -3.99. The summed E-state index contributed by atoms with van der Waals surface area (Å²) < 4.78 is 19.3. The van der Waals surface area contributed by atoms with Crippen molar-refractivity contribution in [1.29, 1.82) is 0 Å². The first kappa shape index (κ1) is 19.9. The Balaban J connectivity index is 1.56. The number of hydrogen-bond donors (Lipinski definition) is 1. The average Bonchev–Trinajstić information content (AvgIpc) is 3.28. The summed E-state index contributed by atoms with van der Waals surface area (Å²) >= 11 is 1.16.